The third-order valence-electron chi connectivity index (χ3n) is 2.79. The zero-order valence-electron chi connectivity index (χ0n) is 10.3. The maximum absolute atomic E-state index is 6.00. The predicted molar refractivity (Wildman–Crippen MR) is 76.8 cm³/mol. The van der Waals surface area contributed by atoms with Gasteiger partial charge in [0, 0.05) is 17.8 Å². The van der Waals surface area contributed by atoms with Gasteiger partial charge in [0.25, 0.3) is 0 Å². The molecule has 2 aromatic rings. The van der Waals surface area contributed by atoms with Crippen LogP contribution in [0.2, 0.25) is 5.02 Å². The fourth-order valence-electron chi connectivity index (χ4n) is 1.87. The number of rotatable bonds is 4. The van der Waals surface area contributed by atoms with Crippen molar-refractivity contribution in [3.05, 3.63) is 53.3 Å². The summed E-state index contributed by atoms with van der Waals surface area (Å²) in [5, 5.41) is 0.658. The zero-order valence-corrected chi connectivity index (χ0v) is 11.1. The van der Waals surface area contributed by atoms with Crippen molar-refractivity contribution < 1.29 is 0 Å². The average Bonchev–Trinajstić information content (AvgIpc) is 2.38. The smallest absolute Gasteiger partial charge is 0.0604 e. The van der Waals surface area contributed by atoms with Crippen molar-refractivity contribution in [2.24, 2.45) is 0 Å². The number of anilines is 2. The summed E-state index contributed by atoms with van der Waals surface area (Å²) in [6, 6.07) is 11.5. The minimum absolute atomic E-state index is 0.658. The Kier molecular flexibility index (Phi) is 4.05. The quantitative estimate of drug-likeness (QED) is 0.859. The minimum atomic E-state index is 0.658. The molecule has 1 aromatic heterocycles. The molecule has 0 aliphatic carbocycles. The van der Waals surface area contributed by atoms with Gasteiger partial charge < -0.3 is 10.6 Å². The Labute approximate surface area is 112 Å². The van der Waals surface area contributed by atoms with Gasteiger partial charge in [-0.2, -0.15) is 0 Å². The van der Waals surface area contributed by atoms with Crippen molar-refractivity contribution in [3.8, 4) is 0 Å². The van der Waals surface area contributed by atoms with Gasteiger partial charge in [-0.25, -0.2) is 0 Å². The topological polar surface area (TPSA) is 42.2 Å². The van der Waals surface area contributed by atoms with E-state index >= 15 is 0 Å². The molecule has 0 fully saturated rings. The summed E-state index contributed by atoms with van der Waals surface area (Å²) in [6.45, 7) is 3.70. The average molecular weight is 262 g/mol. The largest absolute Gasteiger partial charge is 0.397 e. The summed E-state index contributed by atoms with van der Waals surface area (Å²) in [4.78, 5) is 6.51. The maximum Gasteiger partial charge on any atom is 0.0604 e. The van der Waals surface area contributed by atoms with Gasteiger partial charge in [-0.3, -0.25) is 4.98 Å². The van der Waals surface area contributed by atoms with E-state index in [2.05, 4.69) is 16.8 Å². The van der Waals surface area contributed by atoms with Crippen LogP contribution in [-0.4, -0.2) is 11.5 Å². The molecular formula is C14H16ClN3. The molecule has 0 radical (unpaired) electrons. The predicted octanol–water partition coefficient (Wildman–Crippen LogP) is 3.34. The SMILES string of the molecule is CCN(Cc1ccccn1)c1ccc(Cl)cc1N. The molecule has 0 amide bonds. The van der Waals surface area contributed by atoms with Crippen LogP contribution in [0, 0.1) is 0 Å². The van der Waals surface area contributed by atoms with Crippen molar-refractivity contribution in [1.82, 2.24) is 4.98 Å². The molecule has 3 nitrogen and oxygen atoms in total. The molecule has 0 bridgehead atoms. The summed E-state index contributed by atoms with van der Waals surface area (Å²) < 4.78 is 0. The standard InChI is InChI=1S/C14H16ClN3/c1-2-18(10-12-5-3-4-8-17-12)14-7-6-11(15)9-13(14)16/h3-9H,2,10,16H2,1H3. The third-order valence-corrected chi connectivity index (χ3v) is 3.03. The van der Waals surface area contributed by atoms with Crippen LogP contribution in [0.25, 0.3) is 0 Å². The lowest BCUT2D eigenvalue weighted by molar-refractivity contribution is 0.811. The molecule has 1 heterocycles. The van der Waals surface area contributed by atoms with E-state index in [1.54, 1.807) is 12.3 Å². The molecule has 0 unspecified atom stereocenters. The van der Waals surface area contributed by atoms with E-state index < -0.39 is 0 Å². The molecule has 0 aliphatic rings. The van der Waals surface area contributed by atoms with Gasteiger partial charge >= 0.3 is 0 Å². The van der Waals surface area contributed by atoms with E-state index in [4.69, 9.17) is 17.3 Å². The summed E-state index contributed by atoms with van der Waals surface area (Å²) in [7, 11) is 0. The Morgan fingerprint density at radius 3 is 2.72 bits per heavy atom. The molecule has 94 valence electrons. The van der Waals surface area contributed by atoms with Crippen molar-refractivity contribution in [1.29, 1.82) is 0 Å². The Bertz CT molecular complexity index is 514. The highest BCUT2D eigenvalue weighted by Gasteiger charge is 2.09. The number of pyridine rings is 1. The van der Waals surface area contributed by atoms with E-state index in [1.165, 1.54) is 0 Å². The number of hydrogen-bond donors (Lipinski definition) is 1. The van der Waals surface area contributed by atoms with Crippen LogP contribution < -0.4 is 10.6 Å². The molecule has 0 saturated carbocycles. The van der Waals surface area contributed by atoms with Crippen LogP contribution in [0.3, 0.4) is 0 Å². The summed E-state index contributed by atoms with van der Waals surface area (Å²) in [5.74, 6) is 0. The van der Waals surface area contributed by atoms with E-state index in [0.717, 1.165) is 24.5 Å². The monoisotopic (exact) mass is 261 g/mol. The zero-order chi connectivity index (χ0) is 13.0. The van der Waals surface area contributed by atoms with Crippen LogP contribution in [0.1, 0.15) is 12.6 Å². The lowest BCUT2D eigenvalue weighted by atomic mass is 10.2. The molecule has 18 heavy (non-hydrogen) atoms. The van der Waals surface area contributed by atoms with Crippen molar-refractivity contribution in [3.63, 3.8) is 0 Å². The Hall–Kier alpha value is -1.74. The van der Waals surface area contributed by atoms with E-state index in [1.807, 2.05) is 30.3 Å². The van der Waals surface area contributed by atoms with Gasteiger partial charge in [0.05, 0.1) is 23.6 Å². The first-order chi connectivity index (χ1) is 8.70. The first-order valence-electron chi connectivity index (χ1n) is 5.90. The first-order valence-corrected chi connectivity index (χ1v) is 6.28. The molecule has 2 rings (SSSR count). The number of nitrogens with two attached hydrogens (primary N) is 1. The Morgan fingerprint density at radius 2 is 2.11 bits per heavy atom. The highest BCUT2D eigenvalue weighted by atomic mass is 35.5. The second-order valence-electron chi connectivity index (χ2n) is 4.04. The van der Waals surface area contributed by atoms with E-state index in [0.29, 0.717) is 10.7 Å². The first kappa shape index (κ1) is 12.7. The van der Waals surface area contributed by atoms with Crippen LogP contribution in [0.4, 0.5) is 11.4 Å². The molecule has 0 saturated heterocycles. The highest BCUT2D eigenvalue weighted by Crippen LogP contribution is 2.27. The minimum Gasteiger partial charge on any atom is -0.397 e. The van der Waals surface area contributed by atoms with Gasteiger partial charge in [0.15, 0.2) is 0 Å². The van der Waals surface area contributed by atoms with Crippen LogP contribution in [0.15, 0.2) is 42.6 Å². The molecule has 2 N–H and O–H groups in total. The fraction of sp³-hybridized carbons (Fsp3) is 0.214. The van der Waals surface area contributed by atoms with Crippen molar-refractivity contribution in [2.75, 3.05) is 17.2 Å². The van der Waals surface area contributed by atoms with Gasteiger partial charge in [-0.15, -0.1) is 0 Å². The van der Waals surface area contributed by atoms with Gasteiger partial charge in [0.2, 0.25) is 0 Å². The highest BCUT2D eigenvalue weighted by molar-refractivity contribution is 6.31. The number of benzene rings is 1. The number of nitrogen functional groups attached to an aromatic ring is 1. The lowest BCUT2D eigenvalue weighted by Crippen LogP contribution is -2.23. The Morgan fingerprint density at radius 1 is 1.28 bits per heavy atom. The van der Waals surface area contributed by atoms with E-state index in [9.17, 15) is 0 Å². The normalized spacial score (nSPS) is 10.3. The number of aromatic nitrogens is 1. The summed E-state index contributed by atoms with van der Waals surface area (Å²) in [5.41, 5.74) is 8.71. The molecule has 4 heteroatoms. The van der Waals surface area contributed by atoms with Gasteiger partial charge in [-0.1, -0.05) is 17.7 Å². The summed E-state index contributed by atoms with van der Waals surface area (Å²) >= 11 is 5.91. The third kappa shape index (κ3) is 2.93. The van der Waals surface area contributed by atoms with Crippen molar-refractivity contribution in [2.45, 2.75) is 13.5 Å². The fourth-order valence-corrected chi connectivity index (χ4v) is 2.05. The molecule has 1 aromatic carbocycles. The second-order valence-corrected chi connectivity index (χ2v) is 4.47. The van der Waals surface area contributed by atoms with Gasteiger partial charge in [-0.05, 0) is 37.3 Å². The molecule has 0 aliphatic heterocycles. The van der Waals surface area contributed by atoms with Crippen LogP contribution >= 0.6 is 11.6 Å². The van der Waals surface area contributed by atoms with Crippen molar-refractivity contribution >= 4 is 23.0 Å². The number of hydrogen-bond acceptors (Lipinski definition) is 3. The van der Waals surface area contributed by atoms with Gasteiger partial charge in [0.1, 0.15) is 0 Å². The lowest BCUT2D eigenvalue weighted by Gasteiger charge is -2.24. The second kappa shape index (κ2) is 5.74. The summed E-state index contributed by atoms with van der Waals surface area (Å²) in [6.07, 6.45) is 1.80. The molecular weight excluding hydrogens is 246 g/mol. The number of nitrogens with zero attached hydrogens (tertiary/aromatic N) is 2. The number of halogens is 1. The maximum atomic E-state index is 6.00. The molecule has 0 spiro atoms. The van der Waals surface area contributed by atoms with Crippen LogP contribution in [-0.2, 0) is 6.54 Å². The Balaban J connectivity index is 2.23. The van der Waals surface area contributed by atoms with Crippen LogP contribution in [0.5, 0.6) is 0 Å². The molecule has 0 atom stereocenters. The van der Waals surface area contributed by atoms with E-state index in [-0.39, 0.29) is 0 Å².